The van der Waals surface area contributed by atoms with Gasteiger partial charge in [0.15, 0.2) is 0 Å². The molecule has 12 heavy (non-hydrogen) atoms. The molecule has 2 aliphatic rings. The summed E-state index contributed by atoms with van der Waals surface area (Å²) in [6.07, 6.45) is 15.2. The summed E-state index contributed by atoms with van der Waals surface area (Å²) < 4.78 is 0. The standard InChI is InChI=1S/C12H16/c1-2-5-10-8-9-11-6-3-4-7-12(10)11/h2-4,6-7,10-12H,1,5,8-9H2/t10?,11?,12-/m0/s1. The Morgan fingerprint density at radius 2 is 2.08 bits per heavy atom. The second-order valence-electron chi connectivity index (χ2n) is 3.87. The van der Waals surface area contributed by atoms with Gasteiger partial charge in [-0.2, -0.15) is 0 Å². The Bertz CT molecular complexity index is 222. The minimum absolute atomic E-state index is 0.813. The fraction of sp³-hybridized carbons (Fsp3) is 0.500. The van der Waals surface area contributed by atoms with E-state index >= 15 is 0 Å². The van der Waals surface area contributed by atoms with Crippen molar-refractivity contribution in [1.82, 2.24) is 0 Å². The molecule has 2 aliphatic carbocycles. The molecule has 64 valence electrons. The molecule has 0 aromatic carbocycles. The molecule has 3 atom stereocenters. The molecule has 0 spiro atoms. The van der Waals surface area contributed by atoms with Gasteiger partial charge in [0.25, 0.3) is 0 Å². The van der Waals surface area contributed by atoms with Crippen LogP contribution in [0, 0.1) is 17.8 Å². The van der Waals surface area contributed by atoms with Crippen molar-refractivity contribution in [3.63, 3.8) is 0 Å². The highest BCUT2D eigenvalue weighted by molar-refractivity contribution is 5.17. The smallest absolute Gasteiger partial charge is 0.0136 e. The number of rotatable bonds is 2. The maximum absolute atomic E-state index is 3.82. The molecular formula is C12H16. The van der Waals surface area contributed by atoms with E-state index in [4.69, 9.17) is 0 Å². The van der Waals surface area contributed by atoms with Crippen LogP contribution in [0.5, 0.6) is 0 Å². The number of hydrogen-bond donors (Lipinski definition) is 0. The van der Waals surface area contributed by atoms with Crippen LogP contribution in [-0.2, 0) is 0 Å². The lowest BCUT2D eigenvalue weighted by atomic mass is 9.85. The van der Waals surface area contributed by atoms with Crippen LogP contribution in [0.25, 0.3) is 0 Å². The van der Waals surface area contributed by atoms with E-state index in [0.717, 1.165) is 17.8 Å². The van der Waals surface area contributed by atoms with Crippen molar-refractivity contribution in [2.75, 3.05) is 0 Å². The molecule has 0 radical (unpaired) electrons. The molecule has 0 nitrogen and oxygen atoms in total. The van der Waals surface area contributed by atoms with Crippen LogP contribution in [0.2, 0.25) is 0 Å². The Balaban J connectivity index is 2.07. The Morgan fingerprint density at radius 1 is 1.25 bits per heavy atom. The first-order valence-corrected chi connectivity index (χ1v) is 4.87. The fourth-order valence-corrected chi connectivity index (χ4v) is 2.55. The molecule has 0 saturated heterocycles. The van der Waals surface area contributed by atoms with Gasteiger partial charge in [0.2, 0.25) is 0 Å². The Morgan fingerprint density at radius 3 is 2.92 bits per heavy atom. The van der Waals surface area contributed by atoms with Crippen molar-refractivity contribution in [1.29, 1.82) is 0 Å². The van der Waals surface area contributed by atoms with Gasteiger partial charge in [0.05, 0.1) is 0 Å². The van der Waals surface area contributed by atoms with Crippen molar-refractivity contribution >= 4 is 0 Å². The SMILES string of the molecule is C=CCC1CCC2C=CC=C[C@H]21. The highest BCUT2D eigenvalue weighted by atomic mass is 14.4. The number of allylic oxidation sites excluding steroid dienone is 5. The molecule has 2 rings (SSSR count). The summed E-state index contributed by atoms with van der Waals surface area (Å²) in [5.74, 6) is 2.52. The number of fused-ring (bicyclic) bond motifs is 1. The van der Waals surface area contributed by atoms with E-state index in [1.807, 2.05) is 0 Å². The quantitative estimate of drug-likeness (QED) is 0.543. The zero-order valence-corrected chi connectivity index (χ0v) is 7.45. The maximum atomic E-state index is 3.82. The average molecular weight is 160 g/mol. The van der Waals surface area contributed by atoms with Crippen LogP contribution in [0.15, 0.2) is 37.0 Å². The molecule has 0 aromatic rings. The fourth-order valence-electron chi connectivity index (χ4n) is 2.55. The third kappa shape index (κ3) is 1.26. The van der Waals surface area contributed by atoms with Crippen LogP contribution >= 0.6 is 0 Å². The topological polar surface area (TPSA) is 0 Å². The van der Waals surface area contributed by atoms with Crippen LogP contribution in [0.1, 0.15) is 19.3 Å². The van der Waals surface area contributed by atoms with Gasteiger partial charge in [-0.15, -0.1) is 6.58 Å². The first-order chi connectivity index (χ1) is 5.92. The highest BCUT2D eigenvalue weighted by Gasteiger charge is 2.32. The van der Waals surface area contributed by atoms with Crippen LogP contribution < -0.4 is 0 Å². The summed E-state index contributed by atoms with van der Waals surface area (Å²) in [6, 6.07) is 0. The first kappa shape index (κ1) is 7.85. The molecule has 0 bridgehead atoms. The summed E-state index contributed by atoms with van der Waals surface area (Å²) in [7, 11) is 0. The Labute approximate surface area is 74.7 Å². The predicted molar refractivity (Wildman–Crippen MR) is 52.8 cm³/mol. The monoisotopic (exact) mass is 160 g/mol. The number of hydrogen-bond acceptors (Lipinski definition) is 0. The summed E-state index contributed by atoms with van der Waals surface area (Å²) in [6.45, 7) is 3.82. The Hall–Kier alpha value is -0.780. The zero-order chi connectivity index (χ0) is 8.39. The molecule has 0 aliphatic heterocycles. The van der Waals surface area contributed by atoms with Crippen molar-refractivity contribution < 1.29 is 0 Å². The predicted octanol–water partition coefficient (Wildman–Crippen LogP) is 3.33. The van der Waals surface area contributed by atoms with E-state index in [1.54, 1.807) is 0 Å². The van der Waals surface area contributed by atoms with E-state index < -0.39 is 0 Å². The van der Waals surface area contributed by atoms with Crippen molar-refractivity contribution in [2.24, 2.45) is 17.8 Å². The third-order valence-corrected chi connectivity index (χ3v) is 3.18. The van der Waals surface area contributed by atoms with Crippen molar-refractivity contribution in [2.45, 2.75) is 19.3 Å². The molecule has 0 heterocycles. The van der Waals surface area contributed by atoms with Crippen LogP contribution in [0.4, 0.5) is 0 Å². The van der Waals surface area contributed by atoms with E-state index in [1.165, 1.54) is 19.3 Å². The second kappa shape index (κ2) is 3.30. The lowest BCUT2D eigenvalue weighted by Gasteiger charge is -2.20. The van der Waals surface area contributed by atoms with Gasteiger partial charge in [-0.25, -0.2) is 0 Å². The lowest BCUT2D eigenvalue weighted by Crippen LogP contribution is -2.12. The summed E-state index contributed by atoms with van der Waals surface area (Å²) in [4.78, 5) is 0. The molecule has 1 fully saturated rings. The summed E-state index contributed by atoms with van der Waals surface area (Å²) >= 11 is 0. The normalized spacial score (nSPS) is 38.2. The second-order valence-corrected chi connectivity index (χ2v) is 3.87. The lowest BCUT2D eigenvalue weighted by molar-refractivity contribution is 0.423. The van der Waals surface area contributed by atoms with Crippen molar-refractivity contribution in [3.05, 3.63) is 37.0 Å². The Kier molecular flexibility index (Phi) is 2.16. The maximum Gasteiger partial charge on any atom is -0.0136 e. The third-order valence-electron chi connectivity index (χ3n) is 3.18. The first-order valence-electron chi connectivity index (χ1n) is 4.87. The average Bonchev–Trinajstić information content (AvgIpc) is 2.50. The van der Waals surface area contributed by atoms with Gasteiger partial charge in [0, 0.05) is 0 Å². The summed E-state index contributed by atoms with van der Waals surface area (Å²) in [5, 5.41) is 0. The van der Waals surface area contributed by atoms with E-state index in [9.17, 15) is 0 Å². The molecule has 0 N–H and O–H groups in total. The van der Waals surface area contributed by atoms with Gasteiger partial charge < -0.3 is 0 Å². The molecule has 0 heteroatoms. The van der Waals surface area contributed by atoms with E-state index in [0.29, 0.717) is 0 Å². The zero-order valence-electron chi connectivity index (χ0n) is 7.45. The molecular weight excluding hydrogens is 144 g/mol. The molecule has 1 saturated carbocycles. The molecule has 0 aromatic heterocycles. The largest absolute Gasteiger partial charge is 0.103 e. The molecule has 2 unspecified atom stereocenters. The van der Waals surface area contributed by atoms with Crippen LogP contribution in [-0.4, -0.2) is 0 Å². The van der Waals surface area contributed by atoms with E-state index in [-0.39, 0.29) is 0 Å². The van der Waals surface area contributed by atoms with Gasteiger partial charge in [-0.3, -0.25) is 0 Å². The highest BCUT2D eigenvalue weighted by Crippen LogP contribution is 2.42. The van der Waals surface area contributed by atoms with Crippen LogP contribution in [0.3, 0.4) is 0 Å². The van der Waals surface area contributed by atoms with Gasteiger partial charge in [-0.05, 0) is 37.0 Å². The van der Waals surface area contributed by atoms with Gasteiger partial charge >= 0.3 is 0 Å². The summed E-state index contributed by atoms with van der Waals surface area (Å²) in [5.41, 5.74) is 0. The minimum Gasteiger partial charge on any atom is -0.103 e. The van der Waals surface area contributed by atoms with Gasteiger partial charge in [0.1, 0.15) is 0 Å². The van der Waals surface area contributed by atoms with Gasteiger partial charge in [-0.1, -0.05) is 30.4 Å². The minimum atomic E-state index is 0.813. The molecule has 0 amide bonds. The van der Waals surface area contributed by atoms with E-state index in [2.05, 4.69) is 37.0 Å². The van der Waals surface area contributed by atoms with Crippen molar-refractivity contribution in [3.8, 4) is 0 Å².